The van der Waals surface area contributed by atoms with E-state index in [0.717, 1.165) is 24.8 Å². The average molecular weight is 358 g/mol. The quantitative estimate of drug-likeness (QED) is 0.863. The Morgan fingerprint density at radius 3 is 2.04 bits per heavy atom. The first-order valence-electron chi connectivity index (χ1n) is 8.89. The van der Waals surface area contributed by atoms with Gasteiger partial charge in [0.1, 0.15) is 0 Å². The van der Waals surface area contributed by atoms with Gasteiger partial charge >= 0.3 is 0 Å². The fraction of sp³-hybridized carbons (Fsp3) is 0.429. The van der Waals surface area contributed by atoms with Crippen molar-refractivity contribution in [1.29, 1.82) is 0 Å². The van der Waals surface area contributed by atoms with Crippen LogP contribution in [0.15, 0.2) is 59.5 Å². The maximum Gasteiger partial charge on any atom is 0.240 e. The molecule has 0 radical (unpaired) electrons. The van der Waals surface area contributed by atoms with E-state index in [0.29, 0.717) is 11.4 Å². The van der Waals surface area contributed by atoms with E-state index in [1.54, 1.807) is 12.1 Å². The summed E-state index contributed by atoms with van der Waals surface area (Å²) in [6.45, 7) is 6.82. The Hall–Kier alpha value is -1.65. The zero-order valence-corrected chi connectivity index (χ0v) is 16.1. The highest BCUT2D eigenvalue weighted by molar-refractivity contribution is 7.89. The lowest BCUT2D eigenvalue weighted by atomic mass is 9.64. The first-order valence-corrected chi connectivity index (χ1v) is 10.4. The molecule has 1 N–H and O–H groups in total. The summed E-state index contributed by atoms with van der Waals surface area (Å²) in [5, 5.41) is 0. The molecule has 1 saturated carbocycles. The van der Waals surface area contributed by atoms with Crippen molar-refractivity contribution in [2.75, 3.05) is 6.54 Å². The largest absolute Gasteiger partial charge is 0.240 e. The van der Waals surface area contributed by atoms with Crippen molar-refractivity contribution < 1.29 is 8.42 Å². The van der Waals surface area contributed by atoms with Crippen LogP contribution >= 0.6 is 0 Å². The molecular weight excluding hydrogens is 330 g/mol. The van der Waals surface area contributed by atoms with Crippen molar-refractivity contribution in [2.24, 2.45) is 0 Å². The minimum atomic E-state index is -3.49. The molecule has 3 nitrogen and oxygen atoms in total. The first kappa shape index (κ1) is 18.2. The van der Waals surface area contributed by atoms with E-state index in [-0.39, 0.29) is 10.8 Å². The van der Waals surface area contributed by atoms with Crippen LogP contribution in [-0.2, 0) is 20.9 Å². The Morgan fingerprint density at radius 2 is 1.56 bits per heavy atom. The third-order valence-corrected chi connectivity index (χ3v) is 6.75. The molecule has 0 heterocycles. The molecule has 0 saturated heterocycles. The van der Waals surface area contributed by atoms with Gasteiger partial charge in [-0.3, -0.25) is 0 Å². The third kappa shape index (κ3) is 3.80. The van der Waals surface area contributed by atoms with E-state index >= 15 is 0 Å². The molecule has 25 heavy (non-hydrogen) atoms. The lowest BCUT2D eigenvalue weighted by Crippen LogP contribution is -2.45. The van der Waals surface area contributed by atoms with Gasteiger partial charge in [0.25, 0.3) is 0 Å². The summed E-state index contributed by atoms with van der Waals surface area (Å²) < 4.78 is 28.2. The predicted octanol–water partition coefficient (Wildman–Crippen LogP) is 4.38. The highest BCUT2D eigenvalue weighted by Crippen LogP contribution is 2.43. The number of hydrogen-bond acceptors (Lipinski definition) is 2. The van der Waals surface area contributed by atoms with Gasteiger partial charge < -0.3 is 0 Å². The minimum absolute atomic E-state index is 0.0129. The Bertz CT molecular complexity index is 814. The van der Waals surface area contributed by atoms with Crippen LogP contribution < -0.4 is 4.72 Å². The second-order valence-electron chi connectivity index (χ2n) is 8.10. The molecule has 134 valence electrons. The topological polar surface area (TPSA) is 46.2 Å². The van der Waals surface area contributed by atoms with Crippen LogP contribution in [0.5, 0.6) is 0 Å². The molecule has 0 atom stereocenters. The van der Waals surface area contributed by atoms with Gasteiger partial charge in [-0.25, -0.2) is 13.1 Å². The van der Waals surface area contributed by atoms with Crippen molar-refractivity contribution in [3.8, 4) is 0 Å². The van der Waals surface area contributed by atoms with E-state index in [2.05, 4.69) is 37.6 Å². The van der Waals surface area contributed by atoms with Gasteiger partial charge in [0.05, 0.1) is 4.90 Å². The summed E-state index contributed by atoms with van der Waals surface area (Å²) in [6.07, 6.45) is 3.21. The van der Waals surface area contributed by atoms with Crippen LogP contribution in [0.3, 0.4) is 0 Å². The van der Waals surface area contributed by atoms with Crippen molar-refractivity contribution in [3.63, 3.8) is 0 Å². The second kappa shape index (κ2) is 6.58. The Labute approximate surface area is 151 Å². The van der Waals surface area contributed by atoms with Crippen molar-refractivity contribution in [1.82, 2.24) is 4.72 Å². The smallest absolute Gasteiger partial charge is 0.210 e. The summed E-state index contributed by atoms with van der Waals surface area (Å²) >= 11 is 0. The molecular formula is C21H27NO2S. The van der Waals surface area contributed by atoms with Crippen LogP contribution in [0.4, 0.5) is 0 Å². The lowest BCUT2D eigenvalue weighted by Gasteiger charge is -2.42. The van der Waals surface area contributed by atoms with Gasteiger partial charge in [0.15, 0.2) is 0 Å². The summed E-state index contributed by atoms with van der Waals surface area (Å²) in [5.74, 6) is 0. The molecule has 1 aliphatic carbocycles. The highest BCUT2D eigenvalue weighted by Gasteiger charge is 2.39. The Morgan fingerprint density at radius 1 is 0.960 bits per heavy atom. The predicted molar refractivity (Wildman–Crippen MR) is 102 cm³/mol. The van der Waals surface area contributed by atoms with Crippen LogP contribution in [0.25, 0.3) is 0 Å². The number of nitrogens with one attached hydrogen (secondary N) is 1. The summed E-state index contributed by atoms with van der Waals surface area (Å²) in [4.78, 5) is 0.336. The third-order valence-electron chi connectivity index (χ3n) is 5.33. The van der Waals surface area contributed by atoms with Crippen molar-refractivity contribution in [2.45, 2.75) is 55.8 Å². The van der Waals surface area contributed by atoms with Gasteiger partial charge in [-0.15, -0.1) is 0 Å². The van der Waals surface area contributed by atoms with E-state index in [9.17, 15) is 8.42 Å². The normalized spacial score (nSPS) is 17.1. The van der Waals surface area contributed by atoms with Crippen LogP contribution in [-0.4, -0.2) is 15.0 Å². The molecule has 3 rings (SSSR count). The number of benzene rings is 2. The monoisotopic (exact) mass is 357 g/mol. The average Bonchev–Trinajstić information content (AvgIpc) is 2.54. The molecule has 0 aliphatic heterocycles. The molecule has 2 aromatic carbocycles. The molecule has 4 heteroatoms. The summed E-state index contributed by atoms with van der Waals surface area (Å²) in [7, 11) is -3.49. The molecule has 1 fully saturated rings. The van der Waals surface area contributed by atoms with Crippen LogP contribution in [0.1, 0.15) is 51.2 Å². The van der Waals surface area contributed by atoms with Gasteiger partial charge in [-0.2, -0.15) is 0 Å². The molecule has 1 aliphatic rings. The fourth-order valence-electron chi connectivity index (χ4n) is 3.41. The Kier molecular flexibility index (Phi) is 4.78. The van der Waals surface area contributed by atoms with Gasteiger partial charge in [0, 0.05) is 12.0 Å². The maximum atomic E-state index is 12.7. The zero-order valence-electron chi connectivity index (χ0n) is 15.2. The van der Waals surface area contributed by atoms with E-state index in [1.807, 2.05) is 30.3 Å². The minimum Gasteiger partial charge on any atom is -0.210 e. The fourth-order valence-corrected chi connectivity index (χ4v) is 4.54. The Balaban J connectivity index is 1.76. The first-order chi connectivity index (χ1) is 11.7. The number of hydrogen-bond donors (Lipinski definition) is 1. The standard InChI is InChI=1S/C21H27NO2S/c1-20(2,3)17-10-12-19(13-11-17)25(23,24)22-16-21(14-7-15-21)18-8-5-4-6-9-18/h4-6,8-13,22H,7,14-16H2,1-3H3. The summed E-state index contributed by atoms with van der Waals surface area (Å²) in [5.41, 5.74) is 2.32. The van der Waals surface area contributed by atoms with Gasteiger partial charge in [-0.05, 0) is 41.5 Å². The molecule has 0 unspecified atom stereocenters. The summed E-state index contributed by atoms with van der Waals surface area (Å²) in [6, 6.07) is 17.5. The number of sulfonamides is 1. The maximum absolute atomic E-state index is 12.7. The zero-order chi connectivity index (χ0) is 18.1. The molecule has 0 aromatic heterocycles. The van der Waals surface area contributed by atoms with E-state index in [1.165, 1.54) is 5.56 Å². The van der Waals surface area contributed by atoms with Crippen LogP contribution in [0.2, 0.25) is 0 Å². The van der Waals surface area contributed by atoms with Gasteiger partial charge in [0.2, 0.25) is 10.0 Å². The van der Waals surface area contributed by atoms with E-state index < -0.39 is 10.0 Å². The molecule has 2 aromatic rings. The number of rotatable bonds is 5. The van der Waals surface area contributed by atoms with Gasteiger partial charge in [-0.1, -0.05) is 69.7 Å². The van der Waals surface area contributed by atoms with Crippen molar-refractivity contribution in [3.05, 3.63) is 65.7 Å². The van der Waals surface area contributed by atoms with Crippen molar-refractivity contribution >= 4 is 10.0 Å². The highest BCUT2D eigenvalue weighted by atomic mass is 32.2. The molecule has 0 spiro atoms. The lowest BCUT2D eigenvalue weighted by molar-refractivity contribution is 0.245. The molecule has 0 bridgehead atoms. The van der Waals surface area contributed by atoms with E-state index in [4.69, 9.17) is 0 Å². The molecule has 0 amide bonds. The van der Waals surface area contributed by atoms with Crippen LogP contribution in [0, 0.1) is 0 Å². The second-order valence-corrected chi connectivity index (χ2v) is 9.87. The SMILES string of the molecule is CC(C)(C)c1ccc(S(=O)(=O)NCC2(c3ccccc3)CCC2)cc1.